The smallest absolute Gasteiger partial charge is 0.0720 e. The Bertz CT molecular complexity index is 693. The normalized spacial score (nSPS) is 10.6. The molecule has 2 aromatic carbocycles. The van der Waals surface area contributed by atoms with E-state index < -0.39 is 0 Å². The zero-order valence-corrected chi connectivity index (χ0v) is 11.6. The molecule has 0 aliphatic carbocycles. The first-order chi connectivity index (χ1) is 9.50. The molecule has 2 rings (SSSR count). The molecule has 0 heterocycles. The van der Waals surface area contributed by atoms with E-state index in [-0.39, 0.29) is 0 Å². The van der Waals surface area contributed by atoms with Crippen LogP contribution in [0.15, 0.2) is 42.1 Å². The minimum atomic E-state index is 0.371. The summed E-state index contributed by atoms with van der Waals surface area (Å²) in [5.74, 6) is 0. The van der Waals surface area contributed by atoms with Crippen LogP contribution in [0, 0.1) is 20.8 Å². The van der Waals surface area contributed by atoms with E-state index >= 15 is 0 Å². The highest BCUT2D eigenvalue weighted by Crippen LogP contribution is 2.24. The summed E-state index contributed by atoms with van der Waals surface area (Å²) in [6.07, 6.45) is 1.83. The van der Waals surface area contributed by atoms with Crippen molar-refractivity contribution in [1.29, 1.82) is 0 Å². The van der Waals surface area contributed by atoms with E-state index in [9.17, 15) is 0 Å². The Balaban J connectivity index is 2.52. The molecule has 0 aliphatic heterocycles. The van der Waals surface area contributed by atoms with Crippen molar-refractivity contribution >= 4 is 17.8 Å². The number of hydrogen-bond donors (Lipinski definition) is 1. The van der Waals surface area contributed by atoms with Gasteiger partial charge in [-0.1, -0.05) is 36.4 Å². The van der Waals surface area contributed by atoms with Crippen LogP contribution in [0.3, 0.4) is 0 Å². The number of benzene rings is 2. The topological polar surface area (TPSA) is 26.0 Å². The number of rotatable bonds is 2. The van der Waals surface area contributed by atoms with E-state index in [2.05, 4.69) is 5.73 Å². The maximum Gasteiger partial charge on any atom is 0.0720 e. The molecule has 0 spiro atoms. The van der Waals surface area contributed by atoms with Gasteiger partial charge in [0.25, 0.3) is 0 Å². The highest BCUT2D eigenvalue weighted by molar-refractivity contribution is 5.69. The summed E-state index contributed by atoms with van der Waals surface area (Å²) in [5.41, 5.74) is 14.9. The molecule has 0 unspecified atom stereocenters. The first-order valence-electron chi connectivity index (χ1n) is 6.85. The van der Waals surface area contributed by atoms with Crippen molar-refractivity contribution in [3.8, 4) is 0 Å². The minimum Gasteiger partial charge on any atom is -0.398 e. The lowest BCUT2D eigenvalue weighted by atomic mass is 9.97. The molecule has 1 heteroatoms. The van der Waals surface area contributed by atoms with Gasteiger partial charge in [0.05, 0.1) is 1.37 Å². The van der Waals surface area contributed by atoms with Crippen LogP contribution in [0.5, 0.6) is 0 Å². The standard InChI is InChI=1S/C18H19N/c1-13-12-14(2)18(19)15(3)17(13)11-7-10-16-8-5-4-6-9-16/h4-6,8-12H,19H2,1-3H3/i11D. The fourth-order valence-corrected chi connectivity index (χ4v) is 2.13. The Kier molecular flexibility index (Phi) is 3.49. The molecule has 0 saturated carbocycles. The van der Waals surface area contributed by atoms with Crippen molar-refractivity contribution in [2.24, 2.45) is 0 Å². The Morgan fingerprint density at radius 2 is 1.79 bits per heavy atom. The molecule has 0 fully saturated rings. The second-order valence-electron chi connectivity index (χ2n) is 4.75. The van der Waals surface area contributed by atoms with Gasteiger partial charge in [0, 0.05) is 5.69 Å². The zero-order chi connectivity index (χ0) is 14.7. The molecule has 1 nitrogen and oxygen atoms in total. The average Bonchev–Trinajstić information content (AvgIpc) is 2.44. The van der Waals surface area contributed by atoms with Crippen molar-refractivity contribution in [2.75, 3.05) is 5.73 Å². The van der Waals surface area contributed by atoms with Crippen molar-refractivity contribution in [2.45, 2.75) is 20.8 Å². The number of anilines is 1. The highest BCUT2D eigenvalue weighted by atomic mass is 14.6. The van der Waals surface area contributed by atoms with Gasteiger partial charge in [0.15, 0.2) is 0 Å². The molecule has 96 valence electrons. The van der Waals surface area contributed by atoms with E-state index in [4.69, 9.17) is 7.10 Å². The third-order valence-corrected chi connectivity index (χ3v) is 3.27. The predicted octanol–water partition coefficient (Wildman–Crippen LogP) is 4.52. The average molecular weight is 250 g/mol. The summed E-state index contributed by atoms with van der Waals surface area (Å²) in [4.78, 5) is 0. The predicted molar refractivity (Wildman–Crippen MR) is 83.9 cm³/mol. The van der Waals surface area contributed by atoms with Gasteiger partial charge < -0.3 is 5.73 Å². The number of hydrogen-bond acceptors (Lipinski definition) is 1. The van der Waals surface area contributed by atoms with Crippen molar-refractivity contribution < 1.29 is 1.37 Å². The van der Waals surface area contributed by atoms with Gasteiger partial charge in [-0.25, -0.2) is 0 Å². The van der Waals surface area contributed by atoms with E-state index in [0.717, 1.165) is 33.5 Å². The fraction of sp³-hybridized carbons (Fsp3) is 0.167. The fourth-order valence-electron chi connectivity index (χ4n) is 2.13. The lowest BCUT2D eigenvalue weighted by molar-refractivity contribution is 1.31. The Hall–Kier alpha value is -2.24. The summed E-state index contributed by atoms with van der Waals surface area (Å²) in [5, 5.41) is 0. The van der Waals surface area contributed by atoms with E-state index in [1.807, 2.05) is 63.2 Å². The van der Waals surface area contributed by atoms with Gasteiger partial charge in [0.1, 0.15) is 0 Å². The molecule has 0 saturated heterocycles. The molecule has 0 bridgehead atoms. The van der Waals surface area contributed by atoms with Gasteiger partial charge >= 0.3 is 0 Å². The van der Waals surface area contributed by atoms with Gasteiger partial charge in [-0.2, -0.15) is 0 Å². The quantitative estimate of drug-likeness (QED) is 0.615. The van der Waals surface area contributed by atoms with Crippen LogP contribution >= 0.6 is 0 Å². The monoisotopic (exact) mass is 250 g/mol. The molecular weight excluding hydrogens is 230 g/mol. The van der Waals surface area contributed by atoms with Crippen LogP contribution in [0.1, 0.15) is 29.2 Å². The van der Waals surface area contributed by atoms with Gasteiger partial charge in [-0.05, 0) is 60.7 Å². The third kappa shape index (κ3) is 2.96. The van der Waals surface area contributed by atoms with Crippen molar-refractivity contribution in [3.05, 3.63) is 69.9 Å². The summed E-state index contributed by atoms with van der Waals surface area (Å²) in [6, 6.07) is 12.3. The molecule has 0 radical (unpaired) electrons. The summed E-state index contributed by atoms with van der Waals surface area (Å²) in [7, 11) is 0. The molecule has 2 aromatic rings. The lowest BCUT2D eigenvalue weighted by Gasteiger charge is -2.10. The van der Waals surface area contributed by atoms with Crippen LogP contribution in [-0.4, -0.2) is 0 Å². The van der Waals surface area contributed by atoms with E-state index in [0.29, 0.717) is 6.05 Å². The maximum atomic E-state index is 8.23. The Morgan fingerprint density at radius 1 is 1.11 bits per heavy atom. The first kappa shape index (κ1) is 11.8. The molecule has 0 amide bonds. The first-order valence-corrected chi connectivity index (χ1v) is 6.35. The Morgan fingerprint density at radius 3 is 2.47 bits per heavy atom. The van der Waals surface area contributed by atoms with Crippen LogP contribution in [-0.2, 0) is 0 Å². The van der Waals surface area contributed by atoms with Gasteiger partial charge in [-0.3, -0.25) is 0 Å². The number of nitrogens with two attached hydrogens (primary N) is 1. The molecule has 0 aliphatic rings. The zero-order valence-electron chi connectivity index (χ0n) is 12.6. The Labute approximate surface area is 116 Å². The van der Waals surface area contributed by atoms with Crippen LogP contribution in [0.4, 0.5) is 5.69 Å². The summed E-state index contributed by atoms with van der Waals surface area (Å²) < 4.78 is 8.23. The van der Waals surface area contributed by atoms with Crippen molar-refractivity contribution in [1.82, 2.24) is 0 Å². The van der Waals surface area contributed by atoms with E-state index in [1.54, 1.807) is 0 Å². The second-order valence-corrected chi connectivity index (χ2v) is 4.75. The molecule has 0 aromatic heterocycles. The minimum absolute atomic E-state index is 0.371. The third-order valence-electron chi connectivity index (χ3n) is 3.27. The maximum absolute atomic E-state index is 8.23. The van der Waals surface area contributed by atoms with Crippen LogP contribution in [0.25, 0.3) is 12.1 Å². The van der Waals surface area contributed by atoms with Gasteiger partial charge in [0.2, 0.25) is 0 Å². The van der Waals surface area contributed by atoms with E-state index in [1.165, 1.54) is 0 Å². The largest absolute Gasteiger partial charge is 0.398 e. The lowest BCUT2D eigenvalue weighted by Crippen LogP contribution is -1.98. The molecular formula is C18H19N. The van der Waals surface area contributed by atoms with Crippen LogP contribution in [0.2, 0.25) is 0 Å². The van der Waals surface area contributed by atoms with Crippen molar-refractivity contribution in [3.63, 3.8) is 0 Å². The van der Waals surface area contributed by atoms with Crippen LogP contribution < -0.4 is 5.73 Å². The molecule has 19 heavy (non-hydrogen) atoms. The molecule has 2 N–H and O–H groups in total. The SMILES string of the molecule is [2H]C(=C=Cc1ccccc1)c1c(C)cc(C)c(N)c1C. The summed E-state index contributed by atoms with van der Waals surface area (Å²) in [6.45, 7) is 5.96. The summed E-state index contributed by atoms with van der Waals surface area (Å²) >= 11 is 0. The highest BCUT2D eigenvalue weighted by Gasteiger charge is 2.05. The molecule has 0 atom stereocenters. The van der Waals surface area contributed by atoms with Gasteiger partial charge in [-0.15, -0.1) is 5.73 Å². The number of nitrogen functional groups attached to an aromatic ring is 1. The number of aryl methyl sites for hydroxylation is 2. The second kappa shape index (κ2) is 5.60.